The van der Waals surface area contributed by atoms with Gasteiger partial charge in [-0.2, -0.15) is 0 Å². The van der Waals surface area contributed by atoms with E-state index in [9.17, 15) is 24.0 Å². The van der Waals surface area contributed by atoms with Crippen LogP contribution in [0.25, 0.3) is 0 Å². The van der Waals surface area contributed by atoms with Crippen molar-refractivity contribution in [3.05, 3.63) is 35.9 Å². The summed E-state index contributed by atoms with van der Waals surface area (Å²) in [7, 11) is 3.05. The van der Waals surface area contributed by atoms with E-state index < -0.39 is 41.4 Å². The number of hydrogen-bond acceptors (Lipinski definition) is 7. The van der Waals surface area contributed by atoms with Crippen LogP contribution < -0.4 is 21.5 Å². The second-order valence-corrected chi connectivity index (χ2v) is 8.59. The van der Waals surface area contributed by atoms with E-state index in [0.29, 0.717) is 0 Å². The van der Waals surface area contributed by atoms with Gasteiger partial charge in [-0.3, -0.25) is 24.6 Å². The van der Waals surface area contributed by atoms with Crippen molar-refractivity contribution in [1.82, 2.24) is 26.4 Å². The molecule has 0 aliphatic rings. The van der Waals surface area contributed by atoms with Gasteiger partial charge >= 0.3 is 17.9 Å². The number of ether oxygens (including phenoxy) is 1. The molecule has 1 aromatic rings. The van der Waals surface area contributed by atoms with Gasteiger partial charge < -0.3 is 20.3 Å². The molecule has 0 spiro atoms. The molecule has 0 bridgehead atoms. The van der Waals surface area contributed by atoms with Crippen molar-refractivity contribution in [3.8, 4) is 0 Å². The molecule has 0 aliphatic carbocycles. The fourth-order valence-corrected chi connectivity index (χ4v) is 2.66. The topological polar surface area (TPSA) is 146 Å². The summed E-state index contributed by atoms with van der Waals surface area (Å²) in [5.74, 6) is -2.95. The van der Waals surface area contributed by atoms with Crippen LogP contribution in [-0.2, 0) is 30.3 Å². The predicted octanol–water partition coefficient (Wildman–Crippen LogP) is -0.0948. The zero-order valence-corrected chi connectivity index (χ0v) is 19.9. The van der Waals surface area contributed by atoms with Gasteiger partial charge in [0.2, 0.25) is 5.91 Å². The molecule has 0 aromatic heterocycles. The number of benzene rings is 1. The van der Waals surface area contributed by atoms with Crippen molar-refractivity contribution in [2.75, 3.05) is 20.6 Å². The van der Waals surface area contributed by atoms with Gasteiger partial charge in [-0.15, -0.1) is 0 Å². The molecule has 4 N–H and O–H groups in total. The first-order valence-electron chi connectivity index (χ1n) is 10.4. The Kier molecular flexibility index (Phi) is 10.5. The quantitative estimate of drug-likeness (QED) is 0.296. The van der Waals surface area contributed by atoms with Crippen molar-refractivity contribution in [2.45, 2.75) is 51.8 Å². The second kappa shape index (κ2) is 12.5. The first-order valence-corrected chi connectivity index (χ1v) is 10.4. The lowest BCUT2D eigenvalue weighted by Crippen LogP contribution is -2.54. The van der Waals surface area contributed by atoms with Gasteiger partial charge in [-0.05, 0) is 39.7 Å². The Hall–Kier alpha value is -3.47. The van der Waals surface area contributed by atoms with Crippen LogP contribution in [0.5, 0.6) is 0 Å². The number of hydrogen-bond donors (Lipinski definition) is 4. The molecule has 11 heteroatoms. The monoisotopic (exact) mass is 463 g/mol. The van der Waals surface area contributed by atoms with E-state index in [4.69, 9.17) is 4.74 Å². The number of nitrogens with zero attached hydrogens (tertiary/aromatic N) is 1. The Bertz CT molecular complexity index is 851. The largest absolute Gasteiger partial charge is 0.443 e. The summed E-state index contributed by atoms with van der Waals surface area (Å²) >= 11 is 0. The molecule has 0 radical (unpaired) electrons. The van der Waals surface area contributed by atoms with Crippen LogP contribution in [0.1, 0.15) is 33.3 Å². The highest BCUT2D eigenvalue weighted by atomic mass is 16.6. The number of carbonyl (C=O) groups is 5. The molecule has 0 saturated heterocycles. The summed E-state index contributed by atoms with van der Waals surface area (Å²) in [4.78, 5) is 62.3. The molecular formula is C22H33N5O6. The Morgan fingerprint density at radius 2 is 1.55 bits per heavy atom. The Balaban J connectivity index is 2.78. The van der Waals surface area contributed by atoms with E-state index in [1.165, 1.54) is 25.9 Å². The maximum atomic E-state index is 12.7. The Labute approximate surface area is 193 Å². The van der Waals surface area contributed by atoms with Gasteiger partial charge in [-0.1, -0.05) is 30.3 Å². The van der Waals surface area contributed by atoms with Crippen LogP contribution in [0.3, 0.4) is 0 Å². The number of nitrogens with one attached hydrogen (secondary N) is 4. The third-order valence-corrected chi connectivity index (χ3v) is 4.19. The summed E-state index contributed by atoms with van der Waals surface area (Å²) in [5, 5.41) is 4.71. The van der Waals surface area contributed by atoms with Crippen LogP contribution >= 0.6 is 0 Å². The van der Waals surface area contributed by atoms with Crippen molar-refractivity contribution in [2.24, 2.45) is 0 Å². The Morgan fingerprint density at radius 1 is 0.970 bits per heavy atom. The van der Waals surface area contributed by atoms with Gasteiger partial charge in [0.1, 0.15) is 11.6 Å². The average Bonchev–Trinajstić information content (AvgIpc) is 2.71. The summed E-state index contributed by atoms with van der Waals surface area (Å²) < 4.78 is 5.07. The number of rotatable bonds is 9. The van der Waals surface area contributed by atoms with Crippen molar-refractivity contribution >= 4 is 29.6 Å². The van der Waals surface area contributed by atoms with E-state index in [-0.39, 0.29) is 18.9 Å². The van der Waals surface area contributed by atoms with Gasteiger partial charge in [0.05, 0.1) is 12.6 Å². The zero-order valence-electron chi connectivity index (χ0n) is 19.9. The number of carbonyl (C=O) groups excluding carboxylic acids is 5. The molecule has 0 fully saturated rings. The standard InChI is InChI=1S/C22H33N5O6/c1-14(20(31)27(5)6)24-18(29)19(30)25-16(12-15-10-8-7-9-11-15)17(28)13-23-26-21(32)33-22(2,3)4/h7-11,14,16,23H,12-13H2,1-6H3,(H,24,29)(H,25,30)(H,26,32)/t14-,16?/m0/s1. The molecule has 33 heavy (non-hydrogen) atoms. The molecule has 0 heterocycles. The fraction of sp³-hybridized carbons (Fsp3) is 0.500. The lowest BCUT2D eigenvalue weighted by atomic mass is 10.0. The van der Waals surface area contributed by atoms with Crippen LogP contribution in [0.15, 0.2) is 30.3 Å². The molecule has 0 aliphatic heterocycles. The lowest BCUT2D eigenvalue weighted by Gasteiger charge is -2.21. The number of Topliss-reactive ketones (excluding diaryl/α,β-unsaturated/α-hetero) is 1. The van der Waals surface area contributed by atoms with Crippen molar-refractivity contribution in [3.63, 3.8) is 0 Å². The smallest absolute Gasteiger partial charge is 0.422 e. The summed E-state index contributed by atoms with van der Waals surface area (Å²) in [6.07, 6.45) is -0.642. The molecule has 4 amide bonds. The second-order valence-electron chi connectivity index (χ2n) is 8.59. The van der Waals surface area contributed by atoms with Crippen LogP contribution in [-0.4, -0.2) is 72.8 Å². The van der Waals surface area contributed by atoms with Gasteiger partial charge in [0, 0.05) is 14.1 Å². The molecule has 1 aromatic carbocycles. The zero-order chi connectivity index (χ0) is 25.2. The molecule has 1 rings (SSSR count). The number of likely N-dealkylation sites (N-methyl/N-ethyl adjacent to an activating group) is 1. The van der Waals surface area contributed by atoms with Crippen LogP contribution in [0.2, 0.25) is 0 Å². The molecule has 11 nitrogen and oxygen atoms in total. The van der Waals surface area contributed by atoms with E-state index in [0.717, 1.165) is 5.56 Å². The van der Waals surface area contributed by atoms with Gasteiger partial charge in [0.15, 0.2) is 5.78 Å². The third kappa shape index (κ3) is 10.6. The minimum Gasteiger partial charge on any atom is -0.443 e. The van der Waals surface area contributed by atoms with E-state index in [2.05, 4.69) is 21.5 Å². The average molecular weight is 464 g/mol. The minimum atomic E-state index is -1.06. The normalized spacial score (nSPS) is 12.7. The van der Waals surface area contributed by atoms with Crippen molar-refractivity contribution in [1.29, 1.82) is 0 Å². The highest BCUT2D eigenvalue weighted by Gasteiger charge is 2.27. The molecule has 1 unspecified atom stereocenters. The van der Waals surface area contributed by atoms with Gasteiger partial charge in [-0.25, -0.2) is 10.2 Å². The highest BCUT2D eigenvalue weighted by Crippen LogP contribution is 2.06. The summed E-state index contributed by atoms with van der Waals surface area (Å²) in [6.45, 7) is 6.21. The fourth-order valence-electron chi connectivity index (χ4n) is 2.66. The molecular weight excluding hydrogens is 430 g/mol. The molecule has 182 valence electrons. The van der Waals surface area contributed by atoms with E-state index >= 15 is 0 Å². The van der Waals surface area contributed by atoms with Crippen LogP contribution in [0, 0.1) is 0 Å². The van der Waals surface area contributed by atoms with E-state index in [1.54, 1.807) is 45.0 Å². The number of amides is 4. The highest BCUT2D eigenvalue weighted by molar-refractivity contribution is 6.36. The van der Waals surface area contributed by atoms with Crippen molar-refractivity contribution < 1.29 is 28.7 Å². The molecule has 2 atom stereocenters. The number of hydrazine groups is 1. The maximum Gasteiger partial charge on any atom is 0.422 e. The van der Waals surface area contributed by atoms with Crippen LogP contribution in [0.4, 0.5) is 4.79 Å². The summed E-state index contributed by atoms with van der Waals surface area (Å²) in [5.41, 5.74) is 4.75. The third-order valence-electron chi connectivity index (χ3n) is 4.19. The maximum absolute atomic E-state index is 12.7. The van der Waals surface area contributed by atoms with E-state index in [1.807, 2.05) is 6.07 Å². The SMILES string of the molecule is C[C@H](NC(=O)C(=O)NC(Cc1ccccc1)C(=O)CNNC(=O)OC(C)(C)C)C(=O)N(C)C. The Morgan fingerprint density at radius 3 is 2.09 bits per heavy atom. The minimum absolute atomic E-state index is 0.124. The lowest BCUT2D eigenvalue weighted by molar-refractivity contribution is -0.142. The predicted molar refractivity (Wildman–Crippen MR) is 121 cm³/mol. The first-order chi connectivity index (χ1) is 15.3. The summed E-state index contributed by atoms with van der Waals surface area (Å²) in [6, 6.07) is 6.94. The van der Waals surface area contributed by atoms with Gasteiger partial charge in [0.25, 0.3) is 0 Å². The first kappa shape index (κ1) is 27.6. The number of ketones is 1. The molecule has 0 saturated carbocycles.